The van der Waals surface area contributed by atoms with Crippen molar-refractivity contribution >= 4 is 28.7 Å². The summed E-state index contributed by atoms with van der Waals surface area (Å²) in [6, 6.07) is 8.25. The number of phenolic OH excluding ortho intramolecular Hbond substituents is 1. The highest BCUT2D eigenvalue weighted by molar-refractivity contribution is 5.96. The number of aromatic nitrogens is 2. The number of halogens is 1. The molecule has 2 aliphatic heterocycles. The molecule has 1 atom stereocenters. The fraction of sp³-hybridized carbons (Fsp3) is 0.231. The van der Waals surface area contributed by atoms with Crippen LogP contribution in [0.2, 0.25) is 0 Å². The van der Waals surface area contributed by atoms with E-state index in [2.05, 4.69) is 31.8 Å². The number of benzene rings is 2. The van der Waals surface area contributed by atoms with E-state index in [1.807, 2.05) is 18.2 Å². The van der Waals surface area contributed by atoms with E-state index in [0.717, 1.165) is 24.8 Å². The number of morpholine rings is 1. The molecule has 1 amide bonds. The van der Waals surface area contributed by atoms with Crippen molar-refractivity contribution in [2.75, 3.05) is 31.2 Å². The number of aliphatic imine (C=N–C) groups is 1. The van der Waals surface area contributed by atoms with Crippen molar-refractivity contribution in [3.05, 3.63) is 72.1 Å². The number of ether oxygens (including phenoxy) is 1. The first-order chi connectivity index (χ1) is 17.0. The summed E-state index contributed by atoms with van der Waals surface area (Å²) in [4.78, 5) is 28.0. The third-order valence-electron chi connectivity index (χ3n) is 6.23. The van der Waals surface area contributed by atoms with Gasteiger partial charge in [-0.3, -0.25) is 9.79 Å². The Kier molecular flexibility index (Phi) is 6.00. The van der Waals surface area contributed by atoms with Crippen molar-refractivity contribution in [3.63, 3.8) is 0 Å². The molecule has 3 aromatic rings. The van der Waals surface area contributed by atoms with Crippen LogP contribution < -0.4 is 10.2 Å². The number of nitrogens with zero attached hydrogens (tertiary/aromatic N) is 4. The normalized spacial score (nSPS) is 18.5. The molecule has 5 rings (SSSR count). The van der Waals surface area contributed by atoms with Crippen molar-refractivity contribution in [2.45, 2.75) is 12.8 Å². The number of amides is 1. The van der Waals surface area contributed by atoms with Gasteiger partial charge in [0.25, 0.3) is 0 Å². The first-order valence-corrected chi connectivity index (χ1v) is 11.2. The number of carbonyl (C=O) groups is 1. The number of anilines is 1. The first kappa shape index (κ1) is 22.7. The molecule has 3 heterocycles. The highest BCUT2D eigenvalue weighted by Crippen LogP contribution is 2.41. The summed E-state index contributed by atoms with van der Waals surface area (Å²) in [6.07, 6.45) is 4.35. The largest absolute Gasteiger partial charge is 0.508 e. The van der Waals surface area contributed by atoms with Crippen LogP contribution in [-0.2, 0) is 9.53 Å². The van der Waals surface area contributed by atoms with Crippen LogP contribution in [0, 0.1) is 5.82 Å². The van der Waals surface area contributed by atoms with Crippen LogP contribution in [0.5, 0.6) is 5.75 Å². The lowest BCUT2D eigenvalue weighted by Crippen LogP contribution is -2.36. The lowest BCUT2D eigenvalue weighted by atomic mass is 9.92. The number of phenols is 1. The molecule has 2 aliphatic rings. The second-order valence-electron chi connectivity index (χ2n) is 8.36. The van der Waals surface area contributed by atoms with Gasteiger partial charge in [-0.1, -0.05) is 12.7 Å². The highest BCUT2D eigenvalue weighted by atomic mass is 19.1. The average molecular weight is 474 g/mol. The molecule has 2 N–H and O–H groups in total. The maximum atomic E-state index is 15.2. The van der Waals surface area contributed by atoms with Gasteiger partial charge in [0, 0.05) is 53.3 Å². The second kappa shape index (κ2) is 9.27. The number of rotatable bonds is 5. The van der Waals surface area contributed by atoms with Gasteiger partial charge in [-0.15, -0.1) is 0 Å². The van der Waals surface area contributed by atoms with Crippen molar-refractivity contribution in [1.29, 1.82) is 0 Å². The molecule has 0 aliphatic carbocycles. The summed E-state index contributed by atoms with van der Waals surface area (Å²) in [7, 11) is 0. The van der Waals surface area contributed by atoms with E-state index in [4.69, 9.17) is 4.74 Å². The van der Waals surface area contributed by atoms with Gasteiger partial charge in [0.1, 0.15) is 23.8 Å². The predicted molar refractivity (Wildman–Crippen MR) is 132 cm³/mol. The topological polar surface area (TPSA) is 99.9 Å². The minimum Gasteiger partial charge on any atom is -0.508 e. The fourth-order valence-electron chi connectivity index (χ4n) is 4.53. The zero-order chi connectivity index (χ0) is 24.5. The van der Waals surface area contributed by atoms with E-state index in [9.17, 15) is 9.90 Å². The highest BCUT2D eigenvalue weighted by Gasteiger charge is 2.35. The number of fused-ring (bicyclic) bond motifs is 1. The molecule has 0 bridgehead atoms. The molecular formula is C26H24FN5O3. The van der Waals surface area contributed by atoms with Crippen LogP contribution in [0.3, 0.4) is 0 Å². The number of allylic oxidation sites excluding steroid dienone is 2. The lowest BCUT2D eigenvalue weighted by molar-refractivity contribution is -0.120. The number of carbonyl (C=O) groups excluding carboxylic acids is 1. The quantitative estimate of drug-likeness (QED) is 0.549. The summed E-state index contributed by atoms with van der Waals surface area (Å²) in [5.41, 5.74) is 3.44. The Morgan fingerprint density at radius 2 is 2.06 bits per heavy atom. The second-order valence-corrected chi connectivity index (χ2v) is 8.36. The summed E-state index contributed by atoms with van der Waals surface area (Å²) >= 11 is 0. The molecule has 0 saturated carbocycles. The van der Waals surface area contributed by atoms with Crippen molar-refractivity contribution in [3.8, 4) is 17.0 Å². The Balaban J connectivity index is 1.61. The van der Waals surface area contributed by atoms with Gasteiger partial charge in [-0.05, 0) is 31.2 Å². The molecule has 1 unspecified atom stereocenters. The van der Waals surface area contributed by atoms with Gasteiger partial charge in [0.2, 0.25) is 5.91 Å². The molecule has 178 valence electrons. The van der Waals surface area contributed by atoms with Crippen molar-refractivity contribution in [1.82, 2.24) is 15.3 Å². The van der Waals surface area contributed by atoms with Crippen LogP contribution in [0.1, 0.15) is 18.4 Å². The maximum Gasteiger partial charge on any atom is 0.238 e. The molecular weight excluding hydrogens is 449 g/mol. The third-order valence-corrected chi connectivity index (χ3v) is 6.23. The Hall–Kier alpha value is -4.11. The third kappa shape index (κ3) is 4.15. The SMILES string of the molecule is C=CC=NC1=C(C)NC(=O)C1c1cc(-c2ncnc3cc(N4CCOCC4)ccc23)c(F)cc1O. The Labute approximate surface area is 201 Å². The van der Waals surface area contributed by atoms with E-state index < -0.39 is 11.7 Å². The molecule has 35 heavy (non-hydrogen) atoms. The van der Waals surface area contributed by atoms with E-state index >= 15 is 4.39 Å². The standard InChI is InChI=1S/C26H24FN5O3/c1-3-6-28-24-15(2)31-26(34)23(24)19-12-18(20(27)13-22(19)33)25-17-5-4-16(11-21(17)29-14-30-25)32-7-9-35-10-8-32/h3-6,11-14,23,33H,1,7-10H2,2H3,(H,31,34). The van der Waals surface area contributed by atoms with Crippen molar-refractivity contribution in [2.24, 2.45) is 4.99 Å². The Bertz CT molecular complexity index is 1400. The Morgan fingerprint density at radius 3 is 2.83 bits per heavy atom. The predicted octanol–water partition coefficient (Wildman–Crippen LogP) is 3.68. The molecule has 1 saturated heterocycles. The number of hydrogen-bond acceptors (Lipinski definition) is 7. The molecule has 1 aromatic heterocycles. The zero-order valence-corrected chi connectivity index (χ0v) is 19.2. The summed E-state index contributed by atoms with van der Waals surface area (Å²) in [5, 5.41) is 14.0. The fourth-order valence-corrected chi connectivity index (χ4v) is 4.53. The average Bonchev–Trinajstić information content (AvgIpc) is 3.15. The monoisotopic (exact) mass is 473 g/mol. The number of aromatic hydroxyl groups is 1. The van der Waals surface area contributed by atoms with Gasteiger partial charge < -0.3 is 20.1 Å². The minimum absolute atomic E-state index is 0.161. The van der Waals surface area contributed by atoms with Gasteiger partial charge in [-0.25, -0.2) is 14.4 Å². The molecule has 0 spiro atoms. The van der Waals surface area contributed by atoms with Gasteiger partial charge in [-0.2, -0.15) is 0 Å². The Morgan fingerprint density at radius 1 is 1.26 bits per heavy atom. The summed E-state index contributed by atoms with van der Waals surface area (Å²) < 4.78 is 20.6. The number of hydrogen-bond donors (Lipinski definition) is 2. The molecule has 8 nitrogen and oxygen atoms in total. The molecule has 0 radical (unpaired) electrons. The van der Waals surface area contributed by atoms with Crippen LogP contribution >= 0.6 is 0 Å². The number of nitrogens with one attached hydrogen (secondary N) is 1. The van der Waals surface area contributed by atoms with Crippen molar-refractivity contribution < 1.29 is 19.0 Å². The van der Waals surface area contributed by atoms with Crippen LogP contribution in [0.25, 0.3) is 22.2 Å². The van der Waals surface area contributed by atoms with Gasteiger partial charge in [0.15, 0.2) is 0 Å². The zero-order valence-electron chi connectivity index (χ0n) is 19.2. The van der Waals surface area contributed by atoms with E-state index in [-0.39, 0.29) is 22.8 Å². The van der Waals surface area contributed by atoms with E-state index in [1.165, 1.54) is 24.7 Å². The summed E-state index contributed by atoms with van der Waals surface area (Å²) in [5.74, 6) is -2.24. The smallest absolute Gasteiger partial charge is 0.238 e. The maximum absolute atomic E-state index is 15.2. The minimum atomic E-state index is -0.897. The summed E-state index contributed by atoms with van der Waals surface area (Å²) in [6.45, 7) is 8.23. The first-order valence-electron chi connectivity index (χ1n) is 11.2. The van der Waals surface area contributed by atoms with E-state index in [1.54, 1.807) is 6.92 Å². The molecule has 9 heteroatoms. The molecule has 2 aromatic carbocycles. The lowest BCUT2D eigenvalue weighted by Gasteiger charge is -2.29. The van der Waals surface area contributed by atoms with Crippen LogP contribution in [-0.4, -0.2) is 53.5 Å². The van der Waals surface area contributed by atoms with Gasteiger partial charge in [0.05, 0.1) is 30.1 Å². The van der Waals surface area contributed by atoms with Crippen LogP contribution in [0.15, 0.2) is 65.7 Å². The van der Waals surface area contributed by atoms with Gasteiger partial charge >= 0.3 is 0 Å². The molecule has 1 fully saturated rings. The van der Waals surface area contributed by atoms with E-state index in [0.29, 0.717) is 41.2 Å². The van der Waals surface area contributed by atoms with Crippen LogP contribution in [0.4, 0.5) is 10.1 Å².